The fraction of sp³-hybridized carbons (Fsp3) is 0.200. The molecular weight excluding hydrogens is 446 g/mol. The highest BCUT2D eigenvalue weighted by molar-refractivity contribution is 5.96. The lowest BCUT2D eigenvalue weighted by Gasteiger charge is -2.35. The van der Waals surface area contributed by atoms with Crippen LogP contribution in [0.3, 0.4) is 0 Å². The average Bonchev–Trinajstić information content (AvgIpc) is 3.33. The highest BCUT2D eigenvalue weighted by Gasteiger charge is 2.27. The first-order valence-electron chi connectivity index (χ1n) is 11.3. The Morgan fingerprint density at radius 1 is 0.971 bits per heavy atom. The van der Waals surface area contributed by atoms with E-state index in [1.807, 2.05) is 43.3 Å². The maximum Gasteiger partial charge on any atom is 0.349 e. The van der Waals surface area contributed by atoms with Gasteiger partial charge in [0.1, 0.15) is 17.5 Å². The summed E-state index contributed by atoms with van der Waals surface area (Å²) >= 11 is 0. The lowest BCUT2D eigenvalue weighted by molar-refractivity contribution is 0.0742. The van der Waals surface area contributed by atoms with E-state index in [0.29, 0.717) is 54.1 Å². The number of para-hydroxylation sites is 1. The van der Waals surface area contributed by atoms with Crippen LogP contribution in [0.1, 0.15) is 15.9 Å². The van der Waals surface area contributed by atoms with Gasteiger partial charge in [-0.25, -0.2) is 14.8 Å². The predicted octanol–water partition coefficient (Wildman–Crippen LogP) is 2.59. The molecule has 10 nitrogen and oxygen atoms in total. The van der Waals surface area contributed by atoms with Crippen molar-refractivity contribution in [3.05, 3.63) is 82.5 Å². The molecule has 0 spiro atoms. The van der Waals surface area contributed by atoms with E-state index in [-0.39, 0.29) is 11.5 Å². The van der Waals surface area contributed by atoms with Gasteiger partial charge in [-0.15, -0.1) is 5.10 Å². The number of benzene rings is 2. The van der Waals surface area contributed by atoms with E-state index < -0.39 is 5.63 Å². The van der Waals surface area contributed by atoms with Gasteiger partial charge >= 0.3 is 5.63 Å². The average molecular weight is 467 g/mol. The minimum atomic E-state index is -0.624. The molecule has 4 heterocycles. The zero-order valence-corrected chi connectivity index (χ0v) is 19.0. The molecule has 6 rings (SSSR count). The molecule has 3 aromatic heterocycles. The second-order valence-corrected chi connectivity index (χ2v) is 8.47. The van der Waals surface area contributed by atoms with E-state index in [0.717, 1.165) is 11.3 Å². The van der Waals surface area contributed by atoms with Crippen LogP contribution >= 0.6 is 0 Å². The Morgan fingerprint density at radius 2 is 1.74 bits per heavy atom. The van der Waals surface area contributed by atoms with Crippen molar-refractivity contribution in [3.8, 4) is 5.69 Å². The Hall–Kier alpha value is -4.60. The van der Waals surface area contributed by atoms with Crippen LogP contribution in [0.2, 0.25) is 0 Å². The van der Waals surface area contributed by atoms with Gasteiger partial charge in [0.05, 0.1) is 5.69 Å². The highest BCUT2D eigenvalue weighted by atomic mass is 16.4. The zero-order chi connectivity index (χ0) is 23.9. The Kier molecular flexibility index (Phi) is 4.98. The Morgan fingerprint density at radius 3 is 2.54 bits per heavy atom. The third-order valence-corrected chi connectivity index (χ3v) is 6.24. The number of aromatic nitrogens is 5. The van der Waals surface area contributed by atoms with Crippen LogP contribution in [0.5, 0.6) is 0 Å². The number of nitrogens with zero attached hydrogens (tertiary/aromatic N) is 7. The van der Waals surface area contributed by atoms with Crippen molar-refractivity contribution in [1.82, 2.24) is 29.9 Å². The molecule has 0 saturated carbocycles. The van der Waals surface area contributed by atoms with Gasteiger partial charge in [-0.1, -0.05) is 41.1 Å². The summed E-state index contributed by atoms with van der Waals surface area (Å²) in [7, 11) is 0. The second kappa shape index (κ2) is 8.32. The molecule has 1 amide bonds. The first kappa shape index (κ1) is 21.0. The van der Waals surface area contributed by atoms with Crippen molar-refractivity contribution in [2.75, 3.05) is 31.1 Å². The third kappa shape index (κ3) is 3.68. The molecule has 1 saturated heterocycles. The van der Waals surface area contributed by atoms with Crippen LogP contribution in [0.25, 0.3) is 27.8 Å². The number of carbonyl (C=O) groups is 1. The topological polar surface area (TPSA) is 110 Å². The molecule has 0 bridgehead atoms. The summed E-state index contributed by atoms with van der Waals surface area (Å²) in [6, 6.07) is 16.7. The normalized spacial score (nSPS) is 14.1. The summed E-state index contributed by atoms with van der Waals surface area (Å²) in [5.74, 6) is 0.341. The number of carbonyl (C=O) groups excluding carboxylic acids is 1. The number of amides is 1. The van der Waals surface area contributed by atoms with Crippen LogP contribution in [-0.2, 0) is 0 Å². The number of aryl methyl sites for hydroxylation is 1. The van der Waals surface area contributed by atoms with E-state index in [1.165, 1.54) is 6.33 Å². The largest absolute Gasteiger partial charge is 0.422 e. The minimum Gasteiger partial charge on any atom is -0.422 e. The molecular formula is C25H21N7O3. The molecule has 10 heteroatoms. The SMILES string of the molecule is Cc1ccc(-n2nnc3c(N4CCN(C(=O)c5cc6ccccc6oc5=O)CC4)ncnc32)cc1. The Balaban J connectivity index is 1.23. The Bertz CT molecular complexity index is 1620. The maximum atomic E-state index is 13.1. The standard InChI is InChI=1S/C25H21N7O3/c1-16-6-8-18(9-7-16)32-23-21(28-29-32)22(26-15-27-23)30-10-12-31(13-11-30)24(33)19-14-17-4-2-3-5-20(17)35-25(19)34/h2-9,14-15H,10-13H2,1H3. The minimum absolute atomic E-state index is 0.0441. The van der Waals surface area contributed by atoms with Gasteiger partial charge in [0.15, 0.2) is 17.0 Å². The second-order valence-electron chi connectivity index (χ2n) is 8.47. The van der Waals surface area contributed by atoms with Gasteiger partial charge in [0.25, 0.3) is 5.91 Å². The van der Waals surface area contributed by atoms with Gasteiger partial charge < -0.3 is 14.2 Å². The van der Waals surface area contributed by atoms with E-state index >= 15 is 0 Å². The van der Waals surface area contributed by atoms with Crippen molar-refractivity contribution in [3.63, 3.8) is 0 Å². The molecule has 0 aliphatic carbocycles. The predicted molar refractivity (Wildman–Crippen MR) is 130 cm³/mol. The monoisotopic (exact) mass is 467 g/mol. The van der Waals surface area contributed by atoms with Gasteiger partial charge in [0.2, 0.25) is 0 Å². The summed E-state index contributed by atoms with van der Waals surface area (Å²) in [5, 5.41) is 9.36. The van der Waals surface area contributed by atoms with E-state index in [1.54, 1.807) is 27.8 Å². The van der Waals surface area contributed by atoms with Crippen LogP contribution in [0.15, 0.2) is 70.1 Å². The number of hydrogen-bond acceptors (Lipinski definition) is 8. The van der Waals surface area contributed by atoms with Crippen LogP contribution in [-0.4, -0.2) is 61.9 Å². The number of fused-ring (bicyclic) bond motifs is 2. The van der Waals surface area contributed by atoms with Crippen molar-refractivity contribution < 1.29 is 9.21 Å². The van der Waals surface area contributed by atoms with Crippen molar-refractivity contribution in [2.45, 2.75) is 6.92 Å². The third-order valence-electron chi connectivity index (χ3n) is 6.24. The summed E-state index contributed by atoms with van der Waals surface area (Å²) in [4.78, 5) is 38.1. The maximum absolute atomic E-state index is 13.1. The number of piperazine rings is 1. The van der Waals surface area contributed by atoms with E-state index in [2.05, 4.69) is 25.2 Å². The molecule has 1 fully saturated rings. The number of rotatable bonds is 3. The number of hydrogen-bond donors (Lipinski definition) is 0. The van der Waals surface area contributed by atoms with Crippen molar-refractivity contribution in [1.29, 1.82) is 0 Å². The molecule has 174 valence electrons. The molecule has 0 unspecified atom stereocenters. The molecule has 5 aromatic rings. The Labute approximate surface area is 199 Å². The van der Waals surface area contributed by atoms with Crippen LogP contribution in [0.4, 0.5) is 5.82 Å². The quantitative estimate of drug-likeness (QED) is 0.373. The molecule has 2 aromatic carbocycles. The highest BCUT2D eigenvalue weighted by Crippen LogP contribution is 2.24. The molecule has 35 heavy (non-hydrogen) atoms. The van der Waals surface area contributed by atoms with Gasteiger partial charge in [-0.05, 0) is 31.2 Å². The lowest BCUT2D eigenvalue weighted by Crippen LogP contribution is -2.49. The lowest BCUT2D eigenvalue weighted by atomic mass is 10.1. The fourth-order valence-electron chi connectivity index (χ4n) is 4.33. The smallest absolute Gasteiger partial charge is 0.349 e. The van der Waals surface area contributed by atoms with Crippen LogP contribution in [0, 0.1) is 6.92 Å². The molecule has 1 aliphatic heterocycles. The zero-order valence-electron chi connectivity index (χ0n) is 19.0. The summed E-state index contributed by atoms with van der Waals surface area (Å²) in [6.07, 6.45) is 1.50. The molecule has 0 atom stereocenters. The van der Waals surface area contributed by atoms with Gasteiger partial charge in [0, 0.05) is 31.6 Å². The molecule has 0 radical (unpaired) electrons. The van der Waals surface area contributed by atoms with E-state index in [4.69, 9.17) is 4.42 Å². The molecule has 1 aliphatic rings. The summed E-state index contributed by atoms with van der Waals surface area (Å²) in [5.41, 5.74) is 3.12. The van der Waals surface area contributed by atoms with Gasteiger partial charge in [-0.2, -0.15) is 4.68 Å². The van der Waals surface area contributed by atoms with Crippen molar-refractivity contribution in [2.24, 2.45) is 0 Å². The van der Waals surface area contributed by atoms with Gasteiger partial charge in [-0.3, -0.25) is 4.79 Å². The first-order valence-corrected chi connectivity index (χ1v) is 11.3. The van der Waals surface area contributed by atoms with E-state index in [9.17, 15) is 9.59 Å². The van der Waals surface area contributed by atoms with Crippen LogP contribution < -0.4 is 10.5 Å². The number of anilines is 1. The summed E-state index contributed by atoms with van der Waals surface area (Å²) < 4.78 is 7.03. The first-order chi connectivity index (χ1) is 17.1. The molecule has 0 N–H and O–H groups in total. The summed E-state index contributed by atoms with van der Waals surface area (Å²) in [6.45, 7) is 3.97. The van der Waals surface area contributed by atoms with Crippen molar-refractivity contribution >= 4 is 33.9 Å². The fourth-order valence-corrected chi connectivity index (χ4v) is 4.33.